The van der Waals surface area contributed by atoms with Crippen LogP contribution in [0.1, 0.15) is 22.8 Å². The van der Waals surface area contributed by atoms with E-state index < -0.39 is 5.82 Å². The third kappa shape index (κ3) is 3.69. The van der Waals surface area contributed by atoms with Crippen molar-refractivity contribution < 1.29 is 18.2 Å². The van der Waals surface area contributed by atoms with Gasteiger partial charge in [0.2, 0.25) is 5.89 Å². The lowest BCUT2D eigenvalue weighted by atomic mass is 10.2. The summed E-state index contributed by atoms with van der Waals surface area (Å²) in [5, 5.41) is 7.63. The molecule has 25 heavy (non-hydrogen) atoms. The van der Waals surface area contributed by atoms with Gasteiger partial charge in [-0.05, 0) is 39.1 Å². The first kappa shape index (κ1) is 17.1. The van der Waals surface area contributed by atoms with E-state index in [1.165, 1.54) is 13.2 Å². The third-order valence-corrected chi connectivity index (χ3v) is 3.88. The quantitative estimate of drug-likeness (QED) is 0.678. The summed E-state index contributed by atoms with van der Waals surface area (Å²) in [6.07, 6.45) is 0. The van der Waals surface area contributed by atoms with Crippen LogP contribution in [0, 0.1) is 19.7 Å². The Labute approximate surface area is 144 Å². The van der Waals surface area contributed by atoms with Gasteiger partial charge in [-0.3, -0.25) is 4.90 Å². The Morgan fingerprint density at radius 1 is 1.16 bits per heavy atom. The molecule has 0 N–H and O–H groups in total. The van der Waals surface area contributed by atoms with Crippen molar-refractivity contribution in [1.29, 1.82) is 0 Å². The Hall–Kier alpha value is -2.74. The summed E-state index contributed by atoms with van der Waals surface area (Å²) in [4.78, 5) is 6.45. The molecular weight excluding hydrogens is 327 g/mol. The summed E-state index contributed by atoms with van der Waals surface area (Å²) >= 11 is 0. The predicted molar refractivity (Wildman–Crippen MR) is 87.4 cm³/mol. The molecule has 0 aliphatic heterocycles. The Kier molecular flexibility index (Phi) is 4.80. The molecule has 0 atom stereocenters. The molecule has 0 unspecified atom stereocenters. The number of benzene rings is 1. The highest BCUT2D eigenvalue weighted by Crippen LogP contribution is 2.28. The Balaban J connectivity index is 1.79. The molecule has 2 aromatic heterocycles. The summed E-state index contributed by atoms with van der Waals surface area (Å²) in [5.41, 5.74) is 2.52. The fourth-order valence-corrected chi connectivity index (χ4v) is 2.45. The van der Waals surface area contributed by atoms with Gasteiger partial charge in [0.15, 0.2) is 0 Å². The summed E-state index contributed by atoms with van der Waals surface area (Å²) in [5.74, 6) is 1.00. The smallest absolute Gasteiger partial charge is 0.229 e. The van der Waals surface area contributed by atoms with Gasteiger partial charge in [-0.15, -0.1) is 0 Å². The fourth-order valence-electron chi connectivity index (χ4n) is 2.45. The normalized spacial score (nSPS) is 11.3. The highest BCUT2D eigenvalue weighted by molar-refractivity contribution is 5.57. The van der Waals surface area contributed by atoms with Gasteiger partial charge in [0.1, 0.15) is 28.7 Å². The van der Waals surface area contributed by atoms with Crippen LogP contribution in [-0.2, 0) is 13.1 Å². The van der Waals surface area contributed by atoms with Gasteiger partial charge in [-0.1, -0.05) is 10.3 Å². The Morgan fingerprint density at radius 2 is 1.92 bits per heavy atom. The first-order chi connectivity index (χ1) is 12.0. The average Bonchev–Trinajstić information content (AvgIpc) is 3.14. The molecular formula is C17H19FN4O3. The first-order valence-corrected chi connectivity index (χ1v) is 7.74. The minimum absolute atomic E-state index is 0.233. The van der Waals surface area contributed by atoms with Crippen LogP contribution >= 0.6 is 0 Å². The number of aromatic nitrogens is 3. The van der Waals surface area contributed by atoms with Crippen LogP contribution in [0.4, 0.5) is 4.39 Å². The zero-order valence-electron chi connectivity index (χ0n) is 14.5. The van der Waals surface area contributed by atoms with Crippen LogP contribution in [0.15, 0.2) is 27.2 Å². The van der Waals surface area contributed by atoms with Crippen molar-refractivity contribution in [3.8, 4) is 17.2 Å². The maximum atomic E-state index is 14.1. The molecule has 1 aromatic carbocycles. The topological polar surface area (TPSA) is 77.4 Å². The van der Waals surface area contributed by atoms with Gasteiger partial charge in [0.05, 0.1) is 18.4 Å². The molecule has 8 heteroatoms. The molecule has 0 fully saturated rings. The van der Waals surface area contributed by atoms with Crippen molar-refractivity contribution in [2.24, 2.45) is 0 Å². The molecule has 0 aliphatic carbocycles. The van der Waals surface area contributed by atoms with Crippen molar-refractivity contribution in [1.82, 2.24) is 20.2 Å². The molecule has 2 heterocycles. The second-order valence-corrected chi connectivity index (χ2v) is 5.84. The molecule has 0 aliphatic rings. The van der Waals surface area contributed by atoms with E-state index in [9.17, 15) is 4.39 Å². The zero-order valence-corrected chi connectivity index (χ0v) is 14.5. The summed E-state index contributed by atoms with van der Waals surface area (Å²) in [7, 11) is 3.45. The number of nitrogens with zero attached hydrogens (tertiary/aromatic N) is 4. The highest BCUT2D eigenvalue weighted by Gasteiger charge is 2.18. The second-order valence-electron chi connectivity index (χ2n) is 5.84. The minimum atomic E-state index is -0.411. The number of methoxy groups -OCH3 is 1. The lowest BCUT2D eigenvalue weighted by Crippen LogP contribution is -2.18. The standard InChI is InChI=1S/C17H19FN4O3/c1-10-15(21-25-20-10)8-22(3)9-16-11(2)24-17(19-16)13-7-12(23-4)5-6-14(13)18/h5-7H,8-9H2,1-4H3. The van der Waals surface area contributed by atoms with Crippen LogP contribution < -0.4 is 4.74 Å². The fraction of sp³-hybridized carbons (Fsp3) is 0.353. The minimum Gasteiger partial charge on any atom is -0.497 e. The first-order valence-electron chi connectivity index (χ1n) is 7.74. The van der Waals surface area contributed by atoms with Crippen LogP contribution in [0.2, 0.25) is 0 Å². The Bertz CT molecular complexity index is 875. The van der Waals surface area contributed by atoms with Crippen molar-refractivity contribution >= 4 is 0 Å². The van der Waals surface area contributed by atoms with E-state index in [0.29, 0.717) is 24.6 Å². The van der Waals surface area contributed by atoms with Gasteiger partial charge < -0.3 is 9.15 Å². The number of hydrogen-bond donors (Lipinski definition) is 0. The molecule has 7 nitrogen and oxygen atoms in total. The molecule has 0 radical (unpaired) electrons. The van der Waals surface area contributed by atoms with Crippen molar-refractivity contribution in [2.45, 2.75) is 26.9 Å². The van der Waals surface area contributed by atoms with Crippen molar-refractivity contribution in [3.63, 3.8) is 0 Å². The van der Waals surface area contributed by atoms with Gasteiger partial charge in [-0.2, -0.15) is 0 Å². The Morgan fingerprint density at radius 3 is 2.60 bits per heavy atom. The van der Waals surface area contributed by atoms with E-state index in [4.69, 9.17) is 13.8 Å². The SMILES string of the molecule is COc1ccc(F)c(-c2nc(CN(C)Cc3nonc3C)c(C)o2)c1. The number of rotatable bonds is 6. The molecule has 132 valence electrons. The maximum Gasteiger partial charge on any atom is 0.229 e. The molecule has 0 spiro atoms. The van der Waals surface area contributed by atoms with Crippen molar-refractivity contribution in [3.05, 3.63) is 46.9 Å². The second kappa shape index (κ2) is 7.02. The molecule has 0 amide bonds. The van der Waals surface area contributed by atoms with Gasteiger partial charge in [-0.25, -0.2) is 14.0 Å². The van der Waals surface area contributed by atoms with E-state index in [1.807, 2.05) is 18.9 Å². The van der Waals surface area contributed by atoms with E-state index >= 15 is 0 Å². The zero-order chi connectivity index (χ0) is 18.0. The average molecular weight is 346 g/mol. The predicted octanol–water partition coefficient (Wildman–Crippen LogP) is 3.12. The molecule has 0 saturated heterocycles. The number of halogens is 1. The summed E-state index contributed by atoms with van der Waals surface area (Å²) in [6.45, 7) is 4.73. The maximum absolute atomic E-state index is 14.1. The molecule has 3 rings (SSSR count). The summed E-state index contributed by atoms with van der Waals surface area (Å²) in [6, 6.07) is 4.45. The largest absolute Gasteiger partial charge is 0.497 e. The van der Waals surface area contributed by atoms with Crippen molar-refractivity contribution in [2.75, 3.05) is 14.2 Å². The molecule has 0 bridgehead atoms. The van der Waals surface area contributed by atoms with Crippen LogP contribution in [-0.4, -0.2) is 34.4 Å². The highest BCUT2D eigenvalue weighted by atomic mass is 19.1. The lowest BCUT2D eigenvalue weighted by molar-refractivity contribution is 0.277. The third-order valence-electron chi connectivity index (χ3n) is 3.88. The number of aryl methyl sites for hydroxylation is 2. The number of hydrogen-bond acceptors (Lipinski definition) is 7. The summed E-state index contributed by atoms with van der Waals surface area (Å²) < 4.78 is 29.6. The lowest BCUT2D eigenvalue weighted by Gasteiger charge is -2.13. The van der Waals surface area contributed by atoms with Crippen LogP contribution in [0.3, 0.4) is 0 Å². The van der Waals surface area contributed by atoms with Gasteiger partial charge in [0, 0.05) is 13.1 Å². The molecule has 0 saturated carbocycles. The van der Waals surface area contributed by atoms with Gasteiger partial charge in [0.25, 0.3) is 0 Å². The van der Waals surface area contributed by atoms with Crippen LogP contribution in [0.25, 0.3) is 11.5 Å². The van der Waals surface area contributed by atoms with E-state index in [0.717, 1.165) is 17.1 Å². The van der Waals surface area contributed by atoms with E-state index in [1.54, 1.807) is 19.1 Å². The van der Waals surface area contributed by atoms with Crippen LogP contribution in [0.5, 0.6) is 5.75 Å². The van der Waals surface area contributed by atoms with E-state index in [-0.39, 0.29) is 11.5 Å². The number of oxazole rings is 1. The monoisotopic (exact) mass is 346 g/mol. The molecule has 3 aromatic rings. The number of ether oxygens (including phenoxy) is 1. The van der Waals surface area contributed by atoms with Gasteiger partial charge >= 0.3 is 0 Å². The van der Waals surface area contributed by atoms with E-state index in [2.05, 4.69) is 15.3 Å².